The Morgan fingerprint density at radius 3 is 2.43 bits per heavy atom. The molecule has 0 amide bonds. The second-order valence-corrected chi connectivity index (χ2v) is 4.40. The summed E-state index contributed by atoms with van der Waals surface area (Å²) in [6, 6.07) is 11.1. The van der Waals surface area contributed by atoms with Crippen LogP contribution in [0, 0.1) is 11.6 Å². The minimum Gasteiger partial charge on any atom is -0.492 e. The molecule has 0 aliphatic heterocycles. The number of methoxy groups -OCH3 is 1. The van der Waals surface area contributed by atoms with Crippen LogP contribution in [0.15, 0.2) is 48.5 Å². The van der Waals surface area contributed by atoms with E-state index in [1.54, 1.807) is 6.07 Å². The van der Waals surface area contributed by atoms with E-state index in [0.717, 1.165) is 0 Å². The molecule has 0 spiro atoms. The molecule has 2 aromatic carbocycles. The van der Waals surface area contributed by atoms with Crippen molar-refractivity contribution >= 4 is 5.97 Å². The highest BCUT2D eigenvalue weighted by Gasteiger charge is 2.22. The van der Waals surface area contributed by atoms with E-state index in [4.69, 9.17) is 9.47 Å². The number of hydrogen-bond donors (Lipinski definition) is 0. The number of carbonyl (C=O) groups is 1. The zero-order valence-corrected chi connectivity index (χ0v) is 11.4. The van der Waals surface area contributed by atoms with Gasteiger partial charge in [-0.1, -0.05) is 12.1 Å². The van der Waals surface area contributed by atoms with Crippen molar-refractivity contribution in [3.63, 3.8) is 0 Å². The van der Waals surface area contributed by atoms with Crippen LogP contribution in [-0.4, -0.2) is 19.7 Å². The average Bonchev–Trinajstić information content (AvgIpc) is 2.49. The summed E-state index contributed by atoms with van der Waals surface area (Å²) in [6.07, 6.45) is 0. The largest absolute Gasteiger partial charge is 0.492 e. The first kappa shape index (κ1) is 15.0. The molecular formula is C16H14F2O3. The van der Waals surface area contributed by atoms with Gasteiger partial charge in [-0.3, -0.25) is 4.79 Å². The van der Waals surface area contributed by atoms with Crippen molar-refractivity contribution in [1.82, 2.24) is 0 Å². The SMILES string of the molecule is COC(=O)C(COc1ccc(F)cc1)c1cccc(F)c1. The number of hydrogen-bond acceptors (Lipinski definition) is 3. The maximum Gasteiger partial charge on any atom is 0.316 e. The summed E-state index contributed by atoms with van der Waals surface area (Å²) in [5, 5.41) is 0. The van der Waals surface area contributed by atoms with E-state index in [-0.39, 0.29) is 12.4 Å². The molecule has 0 radical (unpaired) electrons. The molecular weight excluding hydrogens is 278 g/mol. The van der Waals surface area contributed by atoms with Crippen LogP contribution in [0.4, 0.5) is 8.78 Å². The molecule has 0 aromatic heterocycles. The number of rotatable bonds is 5. The quantitative estimate of drug-likeness (QED) is 0.793. The van der Waals surface area contributed by atoms with Crippen molar-refractivity contribution in [1.29, 1.82) is 0 Å². The van der Waals surface area contributed by atoms with Crippen LogP contribution in [0.2, 0.25) is 0 Å². The van der Waals surface area contributed by atoms with Crippen molar-refractivity contribution in [2.24, 2.45) is 0 Å². The molecule has 1 unspecified atom stereocenters. The van der Waals surface area contributed by atoms with Crippen LogP contribution in [0.1, 0.15) is 11.5 Å². The second kappa shape index (κ2) is 6.83. The van der Waals surface area contributed by atoms with Crippen LogP contribution in [0.3, 0.4) is 0 Å². The Kier molecular flexibility index (Phi) is 4.87. The molecule has 0 aliphatic rings. The van der Waals surface area contributed by atoms with E-state index in [9.17, 15) is 13.6 Å². The lowest BCUT2D eigenvalue weighted by atomic mass is 10.00. The lowest BCUT2D eigenvalue weighted by Crippen LogP contribution is -2.21. The van der Waals surface area contributed by atoms with Gasteiger partial charge in [-0.05, 0) is 42.0 Å². The molecule has 0 aliphatic carbocycles. The highest BCUT2D eigenvalue weighted by Crippen LogP contribution is 2.21. The number of halogens is 2. The topological polar surface area (TPSA) is 35.5 Å². The van der Waals surface area contributed by atoms with E-state index >= 15 is 0 Å². The van der Waals surface area contributed by atoms with Gasteiger partial charge in [0.05, 0.1) is 7.11 Å². The zero-order chi connectivity index (χ0) is 15.2. The van der Waals surface area contributed by atoms with Gasteiger partial charge in [0.15, 0.2) is 0 Å². The number of ether oxygens (including phenoxy) is 2. The van der Waals surface area contributed by atoms with Gasteiger partial charge in [-0.2, -0.15) is 0 Å². The lowest BCUT2D eigenvalue weighted by molar-refractivity contribution is -0.143. The Hall–Kier alpha value is -2.43. The van der Waals surface area contributed by atoms with Crippen LogP contribution in [-0.2, 0) is 9.53 Å². The summed E-state index contributed by atoms with van der Waals surface area (Å²) in [5.74, 6) is -1.68. The maximum atomic E-state index is 13.3. The smallest absolute Gasteiger partial charge is 0.316 e. The first-order chi connectivity index (χ1) is 10.1. The molecule has 3 nitrogen and oxygen atoms in total. The summed E-state index contributed by atoms with van der Waals surface area (Å²) in [4.78, 5) is 11.8. The normalized spacial score (nSPS) is 11.8. The predicted octanol–water partition coefficient (Wildman–Crippen LogP) is 3.30. The minimum atomic E-state index is -0.754. The van der Waals surface area contributed by atoms with E-state index in [0.29, 0.717) is 11.3 Å². The third kappa shape index (κ3) is 4.02. The van der Waals surface area contributed by atoms with Gasteiger partial charge in [0.1, 0.15) is 29.9 Å². The molecule has 2 rings (SSSR count). The molecule has 0 fully saturated rings. The Bertz CT molecular complexity index is 611. The minimum absolute atomic E-state index is 0.0260. The first-order valence-corrected chi connectivity index (χ1v) is 6.32. The molecule has 2 aromatic rings. The molecule has 0 N–H and O–H groups in total. The van der Waals surface area contributed by atoms with Gasteiger partial charge in [-0.15, -0.1) is 0 Å². The molecule has 0 bridgehead atoms. The third-order valence-electron chi connectivity index (χ3n) is 2.97. The van der Waals surface area contributed by atoms with Crippen molar-refractivity contribution in [3.05, 3.63) is 65.7 Å². The van der Waals surface area contributed by atoms with Crippen LogP contribution in [0.5, 0.6) is 5.75 Å². The summed E-state index contributed by atoms with van der Waals surface area (Å²) in [7, 11) is 1.26. The molecule has 0 saturated carbocycles. The molecule has 0 saturated heterocycles. The van der Waals surface area contributed by atoms with Crippen molar-refractivity contribution in [3.8, 4) is 5.75 Å². The Labute approximate surface area is 121 Å². The number of esters is 1. The molecule has 5 heteroatoms. The Morgan fingerprint density at radius 2 is 1.81 bits per heavy atom. The van der Waals surface area contributed by atoms with Crippen molar-refractivity contribution in [2.75, 3.05) is 13.7 Å². The first-order valence-electron chi connectivity index (χ1n) is 6.32. The van der Waals surface area contributed by atoms with Crippen molar-refractivity contribution in [2.45, 2.75) is 5.92 Å². The van der Waals surface area contributed by atoms with Crippen LogP contribution >= 0.6 is 0 Å². The summed E-state index contributed by atoms with van der Waals surface area (Å²) >= 11 is 0. The van der Waals surface area contributed by atoms with Gasteiger partial charge in [0, 0.05) is 0 Å². The fourth-order valence-electron chi connectivity index (χ4n) is 1.88. The van der Waals surface area contributed by atoms with Crippen LogP contribution in [0.25, 0.3) is 0 Å². The van der Waals surface area contributed by atoms with E-state index < -0.39 is 17.7 Å². The predicted molar refractivity (Wildman–Crippen MR) is 73.1 cm³/mol. The summed E-state index contributed by atoms with van der Waals surface area (Å²) in [6.45, 7) is -0.0260. The van der Waals surface area contributed by atoms with Gasteiger partial charge < -0.3 is 9.47 Å². The van der Waals surface area contributed by atoms with Crippen LogP contribution < -0.4 is 4.74 Å². The standard InChI is InChI=1S/C16H14F2O3/c1-20-16(19)15(11-3-2-4-13(18)9-11)10-21-14-7-5-12(17)6-8-14/h2-9,15H,10H2,1H3. The van der Waals surface area contributed by atoms with E-state index in [1.807, 2.05) is 0 Å². The van der Waals surface area contributed by atoms with E-state index in [2.05, 4.69) is 0 Å². The number of benzene rings is 2. The summed E-state index contributed by atoms with van der Waals surface area (Å²) < 4.78 is 36.2. The zero-order valence-electron chi connectivity index (χ0n) is 11.4. The van der Waals surface area contributed by atoms with Gasteiger partial charge in [0.25, 0.3) is 0 Å². The Morgan fingerprint density at radius 1 is 1.10 bits per heavy atom. The molecule has 21 heavy (non-hydrogen) atoms. The lowest BCUT2D eigenvalue weighted by Gasteiger charge is -2.16. The fourth-order valence-corrected chi connectivity index (χ4v) is 1.88. The van der Waals surface area contributed by atoms with Gasteiger partial charge in [0.2, 0.25) is 0 Å². The van der Waals surface area contributed by atoms with E-state index in [1.165, 1.54) is 49.6 Å². The van der Waals surface area contributed by atoms with Gasteiger partial charge >= 0.3 is 5.97 Å². The van der Waals surface area contributed by atoms with Gasteiger partial charge in [-0.25, -0.2) is 8.78 Å². The second-order valence-electron chi connectivity index (χ2n) is 4.40. The summed E-state index contributed by atoms with van der Waals surface area (Å²) in [5.41, 5.74) is 0.462. The fraction of sp³-hybridized carbons (Fsp3) is 0.188. The highest BCUT2D eigenvalue weighted by molar-refractivity contribution is 5.78. The van der Waals surface area contributed by atoms with Crippen molar-refractivity contribution < 1.29 is 23.0 Å². The number of carbonyl (C=O) groups excluding carboxylic acids is 1. The maximum absolute atomic E-state index is 13.3. The monoisotopic (exact) mass is 292 g/mol. The molecule has 110 valence electrons. The third-order valence-corrected chi connectivity index (χ3v) is 2.97. The highest BCUT2D eigenvalue weighted by atomic mass is 19.1. The molecule has 0 heterocycles. The Balaban J connectivity index is 2.13. The molecule has 1 atom stereocenters. The average molecular weight is 292 g/mol.